The lowest BCUT2D eigenvalue weighted by atomic mass is 9.98. The van der Waals surface area contributed by atoms with Gasteiger partial charge in [-0.15, -0.1) is 0 Å². The number of nitro benzene ring substituents is 1. The number of anilines is 2. The number of aryl methyl sites for hydroxylation is 1. The Morgan fingerprint density at radius 2 is 1.65 bits per heavy atom. The van der Waals surface area contributed by atoms with Crippen LogP contribution >= 0.6 is 0 Å². The smallest absolute Gasteiger partial charge is 0.326 e. The maximum absolute atomic E-state index is 13.3. The van der Waals surface area contributed by atoms with Crippen molar-refractivity contribution in [3.8, 4) is 0 Å². The second-order valence-electron chi connectivity index (χ2n) is 10.8. The van der Waals surface area contributed by atoms with Crippen LogP contribution in [0.1, 0.15) is 41.5 Å². The third kappa shape index (κ3) is 6.16. The number of non-ortho nitro benzene ring substituents is 1. The quantitative estimate of drug-likeness (QED) is 0.124. The Morgan fingerprint density at radius 1 is 0.907 bits per heavy atom. The Labute approximate surface area is 247 Å². The largest absolute Gasteiger partial charge is 0.354 e. The molecule has 2 fully saturated rings. The fraction of sp³-hybridized carbons (Fsp3) is 0.219. The first-order valence-corrected chi connectivity index (χ1v) is 14.2. The standard InChI is InChI=1S/C32H30N6O5/c39-30-27(35-32(41)36-30)18-21-7-11-23(12-8-21)33-29(28-25-19-24(38(42)43)13-14-26(25)34-31(28)40)22-9-5-20(6-10-22)4-3-17-37-15-1-2-16-37/h5-14,18-19,33H,1-4,15-17H2,(H,34,40)(H2,35,36,39,41)/b27-18+,29-28-. The predicted molar refractivity (Wildman–Crippen MR) is 164 cm³/mol. The van der Waals surface area contributed by atoms with Crippen LogP contribution in [-0.4, -0.2) is 47.3 Å². The summed E-state index contributed by atoms with van der Waals surface area (Å²) in [5.41, 5.74) is 5.09. The molecule has 0 spiro atoms. The van der Waals surface area contributed by atoms with Gasteiger partial charge in [-0.1, -0.05) is 36.4 Å². The van der Waals surface area contributed by atoms with Crippen molar-refractivity contribution >= 4 is 52.3 Å². The van der Waals surface area contributed by atoms with Crippen molar-refractivity contribution in [3.05, 3.63) is 105 Å². The van der Waals surface area contributed by atoms with E-state index in [1.54, 1.807) is 36.4 Å². The molecule has 0 bridgehead atoms. The van der Waals surface area contributed by atoms with Crippen LogP contribution in [0, 0.1) is 10.1 Å². The fourth-order valence-corrected chi connectivity index (χ4v) is 5.60. The first-order valence-electron chi connectivity index (χ1n) is 14.2. The Morgan fingerprint density at radius 3 is 2.33 bits per heavy atom. The summed E-state index contributed by atoms with van der Waals surface area (Å²) in [4.78, 5) is 50.1. The first-order chi connectivity index (χ1) is 20.8. The molecule has 3 heterocycles. The van der Waals surface area contributed by atoms with Crippen LogP contribution in [-0.2, 0) is 16.0 Å². The molecule has 0 aliphatic carbocycles. The van der Waals surface area contributed by atoms with E-state index in [1.807, 2.05) is 12.1 Å². The molecule has 4 amide bonds. The van der Waals surface area contributed by atoms with Gasteiger partial charge in [0.05, 0.1) is 16.2 Å². The highest BCUT2D eigenvalue weighted by atomic mass is 16.6. The number of benzene rings is 3. The minimum absolute atomic E-state index is 0.110. The number of hydrogen-bond donors (Lipinski definition) is 4. The van der Waals surface area contributed by atoms with Crippen molar-refractivity contribution in [3.63, 3.8) is 0 Å². The number of carbonyl (C=O) groups is 3. The second-order valence-corrected chi connectivity index (χ2v) is 10.8. The highest BCUT2D eigenvalue weighted by molar-refractivity contribution is 6.37. The summed E-state index contributed by atoms with van der Waals surface area (Å²) in [6.45, 7) is 3.43. The highest BCUT2D eigenvalue weighted by Crippen LogP contribution is 2.39. The normalized spacial score (nSPS) is 18.3. The summed E-state index contributed by atoms with van der Waals surface area (Å²) in [5, 5.41) is 22.4. The molecule has 0 unspecified atom stereocenters. The molecule has 2 saturated heterocycles. The highest BCUT2D eigenvalue weighted by Gasteiger charge is 2.30. The van der Waals surface area contributed by atoms with Crippen LogP contribution in [0.5, 0.6) is 0 Å². The minimum atomic E-state index is -0.571. The maximum Gasteiger partial charge on any atom is 0.326 e. The molecule has 43 heavy (non-hydrogen) atoms. The number of nitrogens with one attached hydrogen (secondary N) is 4. The van der Waals surface area contributed by atoms with Gasteiger partial charge in [0.1, 0.15) is 5.70 Å². The molecular weight excluding hydrogens is 548 g/mol. The maximum atomic E-state index is 13.3. The molecule has 218 valence electrons. The third-order valence-electron chi connectivity index (χ3n) is 7.80. The van der Waals surface area contributed by atoms with Gasteiger partial charge in [0, 0.05) is 29.1 Å². The summed E-state index contributed by atoms with van der Waals surface area (Å²) >= 11 is 0. The number of carbonyl (C=O) groups excluding carboxylic acids is 3. The van der Waals surface area contributed by atoms with Crippen molar-refractivity contribution in [1.29, 1.82) is 0 Å². The summed E-state index contributed by atoms with van der Waals surface area (Å²) in [6, 6.07) is 18.9. The number of nitrogens with zero attached hydrogens (tertiary/aromatic N) is 2. The zero-order valence-electron chi connectivity index (χ0n) is 23.3. The lowest BCUT2D eigenvalue weighted by molar-refractivity contribution is -0.384. The summed E-state index contributed by atoms with van der Waals surface area (Å²) in [5.74, 6) is -0.865. The van der Waals surface area contributed by atoms with E-state index in [9.17, 15) is 24.5 Å². The number of amides is 4. The van der Waals surface area contributed by atoms with Gasteiger partial charge in [0.15, 0.2) is 0 Å². The number of hydrogen-bond acceptors (Lipinski definition) is 7. The summed E-state index contributed by atoms with van der Waals surface area (Å²) in [7, 11) is 0. The Bertz CT molecular complexity index is 1670. The zero-order valence-corrected chi connectivity index (χ0v) is 23.3. The molecule has 3 aromatic carbocycles. The van der Waals surface area contributed by atoms with Crippen molar-refractivity contribution in [2.75, 3.05) is 30.3 Å². The van der Waals surface area contributed by atoms with Gasteiger partial charge in [-0.3, -0.25) is 25.0 Å². The fourth-order valence-electron chi connectivity index (χ4n) is 5.60. The lowest BCUT2D eigenvalue weighted by Gasteiger charge is -2.16. The van der Waals surface area contributed by atoms with E-state index in [2.05, 4.69) is 38.3 Å². The first kappa shape index (κ1) is 27.9. The lowest BCUT2D eigenvalue weighted by Crippen LogP contribution is -2.22. The van der Waals surface area contributed by atoms with Crippen molar-refractivity contribution in [1.82, 2.24) is 15.5 Å². The molecule has 0 aromatic heterocycles. The molecule has 6 rings (SSSR count). The van der Waals surface area contributed by atoms with E-state index in [0.717, 1.165) is 24.9 Å². The van der Waals surface area contributed by atoms with E-state index < -0.39 is 16.9 Å². The van der Waals surface area contributed by atoms with Gasteiger partial charge < -0.3 is 20.9 Å². The number of urea groups is 1. The monoisotopic (exact) mass is 578 g/mol. The number of rotatable bonds is 9. The number of likely N-dealkylation sites (tertiary alicyclic amines) is 1. The molecule has 3 aliphatic rings. The number of nitro groups is 1. The average molecular weight is 579 g/mol. The van der Waals surface area contributed by atoms with E-state index in [4.69, 9.17) is 0 Å². The molecule has 3 aliphatic heterocycles. The Kier molecular flexibility index (Phi) is 7.71. The molecule has 3 aromatic rings. The van der Waals surface area contributed by atoms with Gasteiger partial charge in [0.25, 0.3) is 17.5 Å². The van der Waals surface area contributed by atoms with Crippen LogP contribution in [0.4, 0.5) is 21.9 Å². The van der Waals surface area contributed by atoms with Crippen LogP contribution in [0.15, 0.2) is 72.4 Å². The third-order valence-corrected chi connectivity index (χ3v) is 7.80. The molecule has 11 nitrogen and oxygen atoms in total. The molecule has 0 atom stereocenters. The Balaban J connectivity index is 1.31. The van der Waals surface area contributed by atoms with Gasteiger partial charge >= 0.3 is 6.03 Å². The van der Waals surface area contributed by atoms with Gasteiger partial charge in [-0.25, -0.2) is 4.79 Å². The molecule has 0 saturated carbocycles. The second kappa shape index (κ2) is 11.9. The molecule has 0 radical (unpaired) electrons. The van der Waals surface area contributed by atoms with E-state index in [-0.39, 0.29) is 17.3 Å². The van der Waals surface area contributed by atoms with Crippen LogP contribution in [0.25, 0.3) is 17.3 Å². The van der Waals surface area contributed by atoms with E-state index >= 15 is 0 Å². The van der Waals surface area contributed by atoms with E-state index in [1.165, 1.54) is 43.6 Å². The number of imide groups is 1. The zero-order chi connectivity index (χ0) is 29.9. The van der Waals surface area contributed by atoms with E-state index in [0.29, 0.717) is 33.8 Å². The average Bonchev–Trinajstić information content (AvgIpc) is 3.71. The Hall–Kier alpha value is -5.29. The van der Waals surface area contributed by atoms with Crippen molar-refractivity contribution in [2.45, 2.75) is 25.7 Å². The van der Waals surface area contributed by atoms with Gasteiger partial charge in [-0.05, 0) is 86.3 Å². The SMILES string of the molecule is O=C1NC(=O)/C(=C\c2ccc(N/C(=C3\C(=O)Nc4ccc([N+](=O)[O-])cc43)c3ccc(CCCN4CCCC4)cc3)cc2)N1. The summed E-state index contributed by atoms with van der Waals surface area (Å²) < 4.78 is 0. The van der Waals surface area contributed by atoms with Crippen LogP contribution in [0.3, 0.4) is 0 Å². The van der Waals surface area contributed by atoms with Gasteiger partial charge in [-0.2, -0.15) is 0 Å². The minimum Gasteiger partial charge on any atom is -0.354 e. The van der Waals surface area contributed by atoms with Crippen molar-refractivity contribution in [2.24, 2.45) is 0 Å². The molecular formula is C32H30N6O5. The topological polar surface area (TPSA) is 146 Å². The summed E-state index contributed by atoms with van der Waals surface area (Å²) in [6.07, 6.45) is 6.12. The molecule has 4 N–H and O–H groups in total. The van der Waals surface area contributed by atoms with Crippen molar-refractivity contribution < 1.29 is 19.3 Å². The van der Waals surface area contributed by atoms with Crippen LogP contribution < -0.4 is 21.3 Å². The van der Waals surface area contributed by atoms with Crippen LogP contribution in [0.2, 0.25) is 0 Å². The number of fused-ring (bicyclic) bond motifs is 1. The van der Waals surface area contributed by atoms with Gasteiger partial charge in [0.2, 0.25) is 0 Å². The molecule has 11 heteroatoms. The predicted octanol–water partition coefficient (Wildman–Crippen LogP) is 4.74.